The average molecular weight is 302 g/mol. The molecule has 1 aromatic carbocycles. The minimum atomic E-state index is 0.177. The number of aryl methyl sites for hydroxylation is 1. The molecule has 1 atom stereocenters. The van der Waals surface area contributed by atoms with Crippen molar-refractivity contribution < 1.29 is 0 Å². The van der Waals surface area contributed by atoms with Crippen molar-refractivity contribution in [2.75, 3.05) is 5.32 Å². The maximum Gasteiger partial charge on any atom is 0.254 e. The fraction of sp³-hybridized carbons (Fsp3) is 0.267. The highest BCUT2D eigenvalue weighted by Crippen LogP contribution is 2.24. The summed E-state index contributed by atoms with van der Waals surface area (Å²) >= 11 is 5.95. The Morgan fingerprint density at radius 2 is 2.05 bits per heavy atom. The van der Waals surface area contributed by atoms with Gasteiger partial charge in [-0.15, -0.1) is 0 Å². The first-order valence-corrected chi connectivity index (χ1v) is 7.24. The van der Waals surface area contributed by atoms with Gasteiger partial charge in [-0.1, -0.05) is 30.7 Å². The van der Waals surface area contributed by atoms with Crippen molar-refractivity contribution in [2.24, 2.45) is 0 Å². The average Bonchev–Trinajstić information content (AvgIpc) is 2.94. The van der Waals surface area contributed by atoms with Gasteiger partial charge in [-0.3, -0.25) is 0 Å². The zero-order valence-corrected chi connectivity index (χ0v) is 12.7. The van der Waals surface area contributed by atoms with Crippen LogP contribution in [-0.2, 0) is 0 Å². The number of halogens is 1. The molecule has 2 aromatic heterocycles. The third kappa shape index (κ3) is 2.83. The van der Waals surface area contributed by atoms with Crippen LogP contribution in [0.25, 0.3) is 5.78 Å². The first-order valence-electron chi connectivity index (χ1n) is 6.86. The normalized spacial score (nSPS) is 12.5. The van der Waals surface area contributed by atoms with Crippen molar-refractivity contribution in [3.8, 4) is 0 Å². The molecule has 2 heterocycles. The number of anilines is 1. The van der Waals surface area contributed by atoms with E-state index in [1.807, 2.05) is 37.3 Å². The van der Waals surface area contributed by atoms with Crippen LogP contribution in [0.1, 0.15) is 30.6 Å². The van der Waals surface area contributed by atoms with Crippen LogP contribution in [0.2, 0.25) is 5.02 Å². The summed E-state index contributed by atoms with van der Waals surface area (Å²) in [5, 5.41) is 8.47. The number of aromatic nitrogens is 4. The predicted molar refractivity (Wildman–Crippen MR) is 83.6 cm³/mol. The van der Waals surface area contributed by atoms with Crippen LogP contribution in [0.5, 0.6) is 0 Å². The number of nitrogens with zero attached hydrogens (tertiary/aromatic N) is 4. The van der Waals surface area contributed by atoms with Crippen LogP contribution in [0, 0.1) is 6.92 Å². The summed E-state index contributed by atoms with van der Waals surface area (Å²) in [7, 11) is 0. The lowest BCUT2D eigenvalue weighted by Crippen LogP contribution is -2.13. The van der Waals surface area contributed by atoms with Crippen molar-refractivity contribution >= 4 is 23.2 Å². The molecule has 0 bridgehead atoms. The molecule has 5 nitrogen and oxygen atoms in total. The summed E-state index contributed by atoms with van der Waals surface area (Å²) in [6.45, 7) is 4.09. The third-order valence-electron chi connectivity index (χ3n) is 3.38. The van der Waals surface area contributed by atoms with Crippen LogP contribution < -0.4 is 5.32 Å². The summed E-state index contributed by atoms with van der Waals surface area (Å²) in [5.41, 5.74) is 2.09. The molecule has 6 heteroatoms. The molecule has 0 radical (unpaired) electrons. The lowest BCUT2D eigenvalue weighted by molar-refractivity contribution is 0.734. The van der Waals surface area contributed by atoms with Gasteiger partial charge in [0.2, 0.25) is 0 Å². The second kappa shape index (κ2) is 5.69. The Kier molecular flexibility index (Phi) is 3.75. The molecule has 21 heavy (non-hydrogen) atoms. The van der Waals surface area contributed by atoms with Crippen LogP contribution >= 0.6 is 11.6 Å². The molecule has 0 aliphatic rings. The van der Waals surface area contributed by atoms with E-state index in [4.69, 9.17) is 11.6 Å². The molecule has 0 saturated heterocycles. The van der Waals surface area contributed by atoms with Gasteiger partial charge in [-0.05, 0) is 31.0 Å². The molecule has 3 aromatic rings. The molecular formula is C15H16ClN5. The van der Waals surface area contributed by atoms with Crippen molar-refractivity contribution in [3.05, 3.63) is 52.9 Å². The van der Waals surface area contributed by atoms with Gasteiger partial charge >= 0.3 is 0 Å². The molecule has 0 aliphatic carbocycles. The van der Waals surface area contributed by atoms with Gasteiger partial charge in [0.25, 0.3) is 5.78 Å². The first-order chi connectivity index (χ1) is 10.2. The zero-order chi connectivity index (χ0) is 14.8. The molecular weight excluding hydrogens is 286 g/mol. The third-order valence-corrected chi connectivity index (χ3v) is 3.63. The van der Waals surface area contributed by atoms with E-state index < -0.39 is 0 Å². The van der Waals surface area contributed by atoms with E-state index in [-0.39, 0.29) is 6.04 Å². The molecule has 1 N–H and O–H groups in total. The fourth-order valence-corrected chi connectivity index (χ4v) is 2.45. The lowest BCUT2D eigenvalue weighted by Gasteiger charge is -2.19. The second-order valence-electron chi connectivity index (χ2n) is 4.91. The molecule has 0 fully saturated rings. The molecule has 0 aliphatic heterocycles. The molecule has 0 spiro atoms. The van der Waals surface area contributed by atoms with E-state index >= 15 is 0 Å². The van der Waals surface area contributed by atoms with Gasteiger partial charge in [0.1, 0.15) is 12.1 Å². The number of rotatable bonds is 4. The molecule has 0 saturated carbocycles. The van der Waals surface area contributed by atoms with Crippen molar-refractivity contribution in [1.29, 1.82) is 0 Å². The number of nitrogens with one attached hydrogen (secondary N) is 1. The topological polar surface area (TPSA) is 55.1 Å². The Hall–Kier alpha value is -2.14. The van der Waals surface area contributed by atoms with Crippen molar-refractivity contribution in [1.82, 2.24) is 19.6 Å². The van der Waals surface area contributed by atoms with Gasteiger partial charge in [0, 0.05) is 16.8 Å². The molecule has 108 valence electrons. The summed E-state index contributed by atoms with van der Waals surface area (Å²) in [6.07, 6.45) is 2.45. The van der Waals surface area contributed by atoms with E-state index in [1.165, 1.54) is 11.9 Å². The quantitative estimate of drug-likeness (QED) is 0.799. The zero-order valence-electron chi connectivity index (χ0n) is 11.9. The Balaban J connectivity index is 1.95. The predicted octanol–water partition coefficient (Wildman–Crippen LogP) is 3.65. The summed E-state index contributed by atoms with van der Waals surface area (Å²) in [4.78, 5) is 8.49. The number of hydrogen-bond donors (Lipinski definition) is 1. The highest BCUT2D eigenvalue weighted by molar-refractivity contribution is 6.30. The number of benzene rings is 1. The Morgan fingerprint density at radius 3 is 2.76 bits per heavy atom. The molecule has 1 unspecified atom stereocenters. The second-order valence-corrected chi connectivity index (χ2v) is 5.35. The monoisotopic (exact) mass is 301 g/mol. The van der Waals surface area contributed by atoms with Gasteiger partial charge < -0.3 is 5.32 Å². The van der Waals surface area contributed by atoms with Crippen LogP contribution in [0.3, 0.4) is 0 Å². The highest BCUT2D eigenvalue weighted by Gasteiger charge is 2.12. The minimum Gasteiger partial charge on any atom is -0.363 e. The maximum atomic E-state index is 5.95. The fourth-order valence-electron chi connectivity index (χ4n) is 2.33. The van der Waals surface area contributed by atoms with Gasteiger partial charge in [0.05, 0.1) is 6.04 Å². The summed E-state index contributed by atoms with van der Waals surface area (Å²) in [6, 6.07) is 10.0. The molecule has 3 rings (SSSR count). The Bertz CT molecular complexity index is 750. The summed E-state index contributed by atoms with van der Waals surface area (Å²) < 4.78 is 1.71. The van der Waals surface area contributed by atoms with Crippen LogP contribution in [0.4, 0.5) is 5.82 Å². The van der Waals surface area contributed by atoms with E-state index in [0.29, 0.717) is 5.78 Å². The van der Waals surface area contributed by atoms with E-state index in [9.17, 15) is 0 Å². The first kappa shape index (κ1) is 13.8. The van der Waals surface area contributed by atoms with E-state index in [0.717, 1.165) is 23.0 Å². The maximum absolute atomic E-state index is 5.95. The summed E-state index contributed by atoms with van der Waals surface area (Å²) in [5.74, 6) is 1.49. The van der Waals surface area contributed by atoms with Crippen molar-refractivity contribution in [3.63, 3.8) is 0 Å². The standard InChI is InChI=1S/C15H16ClN5/c1-3-13(11-4-6-12(16)7-5-11)20-14-8-10(2)19-15-17-9-18-21(14)15/h4-9,13,20H,3H2,1-2H3. The van der Waals surface area contributed by atoms with Crippen molar-refractivity contribution in [2.45, 2.75) is 26.3 Å². The minimum absolute atomic E-state index is 0.177. The lowest BCUT2D eigenvalue weighted by atomic mass is 10.0. The van der Waals surface area contributed by atoms with Gasteiger partial charge in [0.15, 0.2) is 0 Å². The SMILES string of the molecule is CCC(Nc1cc(C)nc2ncnn12)c1ccc(Cl)cc1. The Morgan fingerprint density at radius 1 is 1.29 bits per heavy atom. The van der Waals surface area contributed by atoms with Crippen LogP contribution in [-0.4, -0.2) is 19.6 Å². The molecule has 0 amide bonds. The highest BCUT2D eigenvalue weighted by atomic mass is 35.5. The van der Waals surface area contributed by atoms with Crippen LogP contribution in [0.15, 0.2) is 36.7 Å². The number of fused-ring (bicyclic) bond motifs is 1. The van der Waals surface area contributed by atoms with E-state index in [1.54, 1.807) is 4.52 Å². The van der Waals surface area contributed by atoms with Gasteiger partial charge in [-0.2, -0.15) is 14.6 Å². The largest absolute Gasteiger partial charge is 0.363 e. The van der Waals surface area contributed by atoms with E-state index in [2.05, 4.69) is 27.3 Å². The number of hydrogen-bond acceptors (Lipinski definition) is 4. The Labute approximate surface area is 128 Å². The smallest absolute Gasteiger partial charge is 0.254 e. The van der Waals surface area contributed by atoms with Gasteiger partial charge in [-0.25, -0.2) is 4.98 Å².